The average Bonchev–Trinajstić information content (AvgIpc) is 2.60. The Morgan fingerprint density at radius 3 is 2.73 bits per heavy atom. The molecule has 0 atom stereocenters. The van der Waals surface area contributed by atoms with Crippen LogP contribution in [0.2, 0.25) is 0 Å². The van der Waals surface area contributed by atoms with Crippen molar-refractivity contribution >= 4 is 17.5 Å². The van der Waals surface area contributed by atoms with Crippen LogP contribution in [0.3, 0.4) is 0 Å². The summed E-state index contributed by atoms with van der Waals surface area (Å²) in [6.45, 7) is 0.948. The molecule has 22 heavy (non-hydrogen) atoms. The predicted molar refractivity (Wildman–Crippen MR) is 80.1 cm³/mol. The summed E-state index contributed by atoms with van der Waals surface area (Å²) >= 11 is 0. The van der Waals surface area contributed by atoms with Crippen molar-refractivity contribution in [1.29, 1.82) is 0 Å². The smallest absolute Gasteiger partial charge is 0.274 e. The van der Waals surface area contributed by atoms with Crippen LogP contribution < -0.4 is 15.1 Å². The summed E-state index contributed by atoms with van der Waals surface area (Å²) in [7, 11) is 0. The number of nitrogens with one attached hydrogen (secondary N) is 1. The van der Waals surface area contributed by atoms with Crippen LogP contribution in [0.25, 0.3) is 0 Å². The SMILES string of the molecule is O=C(NO)c1ccc2c(c1)N(C(=O)C1CCCCC1)CCO2. The number of ether oxygens (including phenoxy) is 1. The molecule has 1 fully saturated rings. The van der Waals surface area contributed by atoms with Crippen molar-refractivity contribution in [3.05, 3.63) is 23.8 Å². The molecule has 1 heterocycles. The van der Waals surface area contributed by atoms with Crippen LogP contribution in [0.4, 0.5) is 5.69 Å². The number of rotatable bonds is 2. The molecule has 1 aromatic rings. The number of hydroxylamine groups is 1. The minimum atomic E-state index is -0.599. The number of nitrogens with zero attached hydrogens (tertiary/aromatic N) is 1. The van der Waals surface area contributed by atoms with Gasteiger partial charge in [0, 0.05) is 11.5 Å². The average molecular weight is 304 g/mol. The summed E-state index contributed by atoms with van der Waals surface area (Å²) in [6.07, 6.45) is 5.26. The molecule has 2 aliphatic rings. The first-order valence-corrected chi connectivity index (χ1v) is 7.73. The van der Waals surface area contributed by atoms with Gasteiger partial charge in [-0.3, -0.25) is 14.8 Å². The van der Waals surface area contributed by atoms with E-state index >= 15 is 0 Å². The second kappa shape index (κ2) is 6.36. The molecule has 1 aromatic carbocycles. The van der Waals surface area contributed by atoms with Gasteiger partial charge in [-0.2, -0.15) is 0 Å². The van der Waals surface area contributed by atoms with Crippen LogP contribution in [0, 0.1) is 5.92 Å². The van der Waals surface area contributed by atoms with Crippen LogP contribution in [-0.4, -0.2) is 30.2 Å². The standard InChI is InChI=1S/C16H20N2O4/c19-15(17-21)12-6-7-14-13(10-12)18(8-9-22-14)16(20)11-4-2-1-3-5-11/h6-7,10-11,21H,1-5,8-9H2,(H,17,19). The number of benzene rings is 1. The third-order valence-corrected chi connectivity index (χ3v) is 4.41. The van der Waals surface area contributed by atoms with Crippen molar-refractivity contribution in [2.75, 3.05) is 18.1 Å². The topological polar surface area (TPSA) is 78.9 Å². The molecule has 2 amide bonds. The summed E-state index contributed by atoms with van der Waals surface area (Å²) in [5, 5.41) is 8.76. The molecule has 0 spiro atoms. The number of hydrogen-bond donors (Lipinski definition) is 2. The lowest BCUT2D eigenvalue weighted by Gasteiger charge is -2.33. The molecule has 2 N–H and O–H groups in total. The van der Waals surface area contributed by atoms with E-state index in [4.69, 9.17) is 9.94 Å². The van der Waals surface area contributed by atoms with Crippen molar-refractivity contribution in [3.63, 3.8) is 0 Å². The highest BCUT2D eigenvalue weighted by atomic mass is 16.5. The van der Waals surface area contributed by atoms with E-state index in [1.165, 1.54) is 6.42 Å². The molecule has 3 rings (SSSR count). The Morgan fingerprint density at radius 1 is 1.23 bits per heavy atom. The molecular formula is C16H20N2O4. The van der Waals surface area contributed by atoms with Crippen molar-refractivity contribution in [3.8, 4) is 5.75 Å². The zero-order valence-corrected chi connectivity index (χ0v) is 12.4. The third-order valence-electron chi connectivity index (χ3n) is 4.41. The molecule has 0 bridgehead atoms. The summed E-state index contributed by atoms with van der Waals surface area (Å²) in [6, 6.07) is 4.83. The van der Waals surface area contributed by atoms with Crippen molar-refractivity contribution in [1.82, 2.24) is 5.48 Å². The van der Waals surface area contributed by atoms with Crippen LogP contribution in [-0.2, 0) is 4.79 Å². The Bertz CT molecular complexity index is 582. The molecule has 1 saturated carbocycles. The van der Waals surface area contributed by atoms with Gasteiger partial charge < -0.3 is 9.64 Å². The molecule has 1 aliphatic carbocycles. The number of fused-ring (bicyclic) bond motifs is 1. The van der Waals surface area contributed by atoms with E-state index in [-0.39, 0.29) is 11.8 Å². The second-order valence-electron chi connectivity index (χ2n) is 5.80. The minimum absolute atomic E-state index is 0.0648. The Kier molecular flexibility index (Phi) is 4.29. The maximum Gasteiger partial charge on any atom is 0.274 e. The number of amides is 2. The molecule has 0 saturated heterocycles. The largest absolute Gasteiger partial charge is 0.490 e. The maximum absolute atomic E-state index is 12.8. The lowest BCUT2D eigenvalue weighted by molar-refractivity contribution is -0.123. The van der Waals surface area contributed by atoms with Gasteiger partial charge in [0.25, 0.3) is 5.91 Å². The lowest BCUT2D eigenvalue weighted by atomic mass is 9.88. The first kappa shape index (κ1) is 14.8. The minimum Gasteiger partial charge on any atom is -0.490 e. The first-order valence-electron chi connectivity index (χ1n) is 7.73. The zero-order chi connectivity index (χ0) is 15.5. The summed E-state index contributed by atoms with van der Waals surface area (Å²) in [5.41, 5.74) is 2.53. The molecular weight excluding hydrogens is 284 g/mol. The van der Waals surface area contributed by atoms with E-state index in [9.17, 15) is 9.59 Å². The van der Waals surface area contributed by atoms with Gasteiger partial charge in [0.15, 0.2) is 0 Å². The maximum atomic E-state index is 12.8. The molecule has 6 heteroatoms. The first-order chi connectivity index (χ1) is 10.7. The Morgan fingerprint density at radius 2 is 2.00 bits per heavy atom. The van der Waals surface area contributed by atoms with Crippen molar-refractivity contribution in [2.24, 2.45) is 5.92 Å². The van der Waals surface area contributed by atoms with Gasteiger partial charge in [0.05, 0.1) is 12.2 Å². The molecule has 1 aliphatic heterocycles. The predicted octanol–water partition coefficient (Wildman–Crippen LogP) is 2.11. The van der Waals surface area contributed by atoms with Gasteiger partial charge in [0.2, 0.25) is 5.91 Å². The van der Waals surface area contributed by atoms with Crippen LogP contribution in [0.5, 0.6) is 5.75 Å². The van der Waals surface area contributed by atoms with E-state index < -0.39 is 5.91 Å². The highest BCUT2D eigenvalue weighted by Gasteiger charge is 2.30. The fourth-order valence-corrected chi connectivity index (χ4v) is 3.22. The van der Waals surface area contributed by atoms with E-state index in [0.29, 0.717) is 30.2 Å². The van der Waals surface area contributed by atoms with Gasteiger partial charge >= 0.3 is 0 Å². The number of carbonyl (C=O) groups excluding carboxylic acids is 2. The highest BCUT2D eigenvalue weighted by Crippen LogP contribution is 2.35. The Labute approximate surface area is 129 Å². The van der Waals surface area contributed by atoms with Gasteiger partial charge in [-0.1, -0.05) is 19.3 Å². The van der Waals surface area contributed by atoms with E-state index in [1.807, 2.05) is 0 Å². The van der Waals surface area contributed by atoms with Crippen LogP contribution in [0.15, 0.2) is 18.2 Å². The zero-order valence-electron chi connectivity index (χ0n) is 12.4. The Balaban J connectivity index is 1.88. The fraction of sp³-hybridized carbons (Fsp3) is 0.500. The number of anilines is 1. The third kappa shape index (κ3) is 2.78. The van der Waals surface area contributed by atoms with Crippen molar-refractivity contribution in [2.45, 2.75) is 32.1 Å². The van der Waals surface area contributed by atoms with Crippen LogP contribution in [0.1, 0.15) is 42.5 Å². The highest BCUT2D eigenvalue weighted by molar-refractivity contribution is 6.00. The number of carbonyl (C=O) groups is 2. The molecule has 0 aromatic heterocycles. The van der Waals surface area contributed by atoms with Gasteiger partial charge in [-0.05, 0) is 31.0 Å². The summed E-state index contributed by atoms with van der Waals surface area (Å²) < 4.78 is 5.57. The van der Waals surface area contributed by atoms with E-state index in [0.717, 1.165) is 25.7 Å². The van der Waals surface area contributed by atoms with Gasteiger partial charge in [-0.25, -0.2) is 5.48 Å². The molecule has 0 radical (unpaired) electrons. The number of hydrogen-bond acceptors (Lipinski definition) is 4. The molecule has 6 nitrogen and oxygen atoms in total. The quantitative estimate of drug-likeness (QED) is 0.648. The van der Waals surface area contributed by atoms with E-state index in [1.54, 1.807) is 28.6 Å². The lowest BCUT2D eigenvalue weighted by Crippen LogP contribution is -2.42. The van der Waals surface area contributed by atoms with Crippen molar-refractivity contribution < 1.29 is 19.5 Å². The normalized spacial score (nSPS) is 18.3. The van der Waals surface area contributed by atoms with Gasteiger partial charge in [0.1, 0.15) is 12.4 Å². The molecule has 118 valence electrons. The van der Waals surface area contributed by atoms with Gasteiger partial charge in [-0.15, -0.1) is 0 Å². The second-order valence-corrected chi connectivity index (χ2v) is 5.80. The monoisotopic (exact) mass is 304 g/mol. The molecule has 0 unspecified atom stereocenters. The Hall–Kier alpha value is -2.08. The summed E-state index contributed by atoms with van der Waals surface area (Å²) in [4.78, 5) is 26.1. The summed E-state index contributed by atoms with van der Waals surface area (Å²) in [5.74, 6) is 0.184. The fourth-order valence-electron chi connectivity index (χ4n) is 3.22. The van der Waals surface area contributed by atoms with E-state index in [2.05, 4.69) is 0 Å². The van der Waals surface area contributed by atoms with Crippen LogP contribution >= 0.6 is 0 Å².